The van der Waals surface area contributed by atoms with Crippen LogP contribution in [0.15, 0.2) is 0 Å². The van der Waals surface area contributed by atoms with Crippen molar-refractivity contribution in [3.05, 3.63) is 0 Å². The Morgan fingerprint density at radius 3 is 1.77 bits per heavy atom. The molecule has 26 heavy (non-hydrogen) atoms. The molecule has 0 spiro atoms. The van der Waals surface area contributed by atoms with Gasteiger partial charge in [0.15, 0.2) is 0 Å². The lowest BCUT2D eigenvalue weighted by Crippen LogP contribution is -2.43. The Morgan fingerprint density at radius 2 is 1.23 bits per heavy atom. The van der Waals surface area contributed by atoms with E-state index in [0.29, 0.717) is 5.91 Å². The van der Waals surface area contributed by atoms with Crippen molar-refractivity contribution >= 4 is 5.91 Å². The van der Waals surface area contributed by atoms with Crippen molar-refractivity contribution in [2.45, 2.75) is 103 Å². The molecule has 0 aromatic carbocycles. The smallest absolute Gasteiger partial charge is 0.222 e. The molecule has 154 valence electrons. The molecule has 3 nitrogen and oxygen atoms in total. The number of unbranched alkanes of at least 4 members (excludes halogenated alkanes) is 12. The van der Waals surface area contributed by atoms with Gasteiger partial charge in [-0.05, 0) is 6.42 Å². The molecular formula is C23H47N2O+. The van der Waals surface area contributed by atoms with Crippen molar-refractivity contribution < 1.29 is 9.28 Å². The van der Waals surface area contributed by atoms with Crippen molar-refractivity contribution in [2.24, 2.45) is 0 Å². The Labute approximate surface area is 164 Å². The van der Waals surface area contributed by atoms with Gasteiger partial charge in [0.25, 0.3) is 0 Å². The maximum Gasteiger partial charge on any atom is 0.222 e. The fraction of sp³-hybridized carbons (Fsp3) is 0.957. The Hall–Kier alpha value is -0.570. The van der Waals surface area contributed by atoms with E-state index >= 15 is 0 Å². The molecule has 0 aromatic rings. The number of carbonyl (C=O) groups excluding carboxylic acids is 1. The molecule has 1 aliphatic rings. The van der Waals surface area contributed by atoms with Crippen LogP contribution in [0.5, 0.6) is 0 Å². The van der Waals surface area contributed by atoms with Gasteiger partial charge in [-0.25, -0.2) is 0 Å². The second-order valence-corrected chi connectivity index (χ2v) is 9.11. The van der Waals surface area contributed by atoms with E-state index in [1.54, 1.807) is 0 Å². The summed E-state index contributed by atoms with van der Waals surface area (Å²) >= 11 is 0. The van der Waals surface area contributed by atoms with Gasteiger partial charge < -0.3 is 9.38 Å². The van der Waals surface area contributed by atoms with Crippen LogP contribution < -0.4 is 0 Å². The van der Waals surface area contributed by atoms with Crippen molar-refractivity contribution in [3.8, 4) is 0 Å². The zero-order chi connectivity index (χ0) is 19.1. The highest BCUT2D eigenvalue weighted by Gasteiger charge is 2.23. The molecule has 1 saturated heterocycles. The highest BCUT2D eigenvalue weighted by atomic mass is 16.2. The molecule has 3 heteroatoms. The van der Waals surface area contributed by atoms with Crippen LogP contribution in [0.1, 0.15) is 103 Å². The van der Waals surface area contributed by atoms with E-state index in [4.69, 9.17) is 0 Å². The Kier molecular flexibility index (Phi) is 13.1. The number of amides is 1. The molecule has 0 N–H and O–H groups in total. The summed E-state index contributed by atoms with van der Waals surface area (Å²) in [5, 5.41) is 0. The van der Waals surface area contributed by atoms with Crippen molar-refractivity contribution in [1.82, 2.24) is 4.90 Å². The molecular weight excluding hydrogens is 320 g/mol. The van der Waals surface area contributed by atoms with Crippen LogP contribution in [0.25, 0.3) is 0 Å². The predicted octanol–water partition coefficient (Wildman–Crippen LogP) is 5.78. The molecule has 0 bridgehead atoms. The minimum atomic E-state index is 0.398. The Morgan fingerprint density at radius 1 is 0.731 bits per heavy atom. The van der Waals surface area contributed by atoms with Crippen LogP contribution in [0.4, 0.5) is 0 Å². The zero-order valence-electron chi connectivity index (χ0n) is 18.2. The lowest BCUT2D eigenvalue weighted by atomic mass is 10.0. The van der Waals surface area contributed by atoms with Gasteiger partial charge >= 0.3 is 0 Å². The van der Waals surface area contributed by atoms with Gasteiger partial charge in [-0.15, -0.1) is 0 Å². The average molecular weight is 368 g/mol. The molecule has 0 unspecified atom stereocenters. The van der Waals surface area contributed by atoms with Gasteiger partial charge in [0, 0.05) is 19.4 Å². The summed E-state index contributed by atoms with van der Waals surface area (Å²) in [7, 11) is 4.56. The minimum Gasteiger partial charge on any atom is -0.337 e. The van der Waals surface area contributed by atoms with Gasteiger partial charge in [0.2, 0.25) is 5.91 Å². The third-order valence-electron chi connectivity index (χ3n) is 6.01. The number of rotatable bonds is 14. The molecule has 1 amide bonds. The van der Waals surface area contributed by atoms with Crippen molar-refractivity contribution in [1.29, 1.82) is 0 Å². The standard InChI is InChI=1S/C23H47N2O/c1-4-5-6-7-8-9-10-11-12-13-14-15-16-18-23(26)24-19-17-21-25(2,3)22-20-24/h4-22H2,1-3H3/q+1. The number of hydrogen-bond donors (Lipinski definition) is 0. The zero-order valence-corrected chi connectivity index (χ0v) is 18.2. The maximum atomic E-state index is 12.4. The molecule has 0 aliphatic carbocycles. The molecule has 1 heterocycles. The van der Waals surface area contributed by atoms with Gasteiger partial charge in [0.1, 0.15) is 0 Å². The topological polar surface area (TPSA) is 20.3 Å². The third-order valence-corrected chi connectivity index (χ3v) is 6.01. The fourth-order valence-electron chi connectivity index (χ4n) is 4.01. The predicted molar refractivity (Wildman–Crippen MR) is 113 cm³/mol. The van der Waals surface area contributed by atoms with Crippen molar-refractivity contribution in [2.75, 3.05) is 40.3 Å². The lowest BCUT2D eigenvalue weighted by Gasteiger charge is -2.28. The van der Waals surface area contributed by atoms with Gasteiger partial charge in [-0.1, -0.05) is 84.0 Å². The number of quaternary nitrogens is 1. The lowest BCUT2D eigenvalue weighted by molar-refractivity contribution is -0.888. The van der Waals surface area contributed by atoms with E-state index in [-0.39, 0.29) is 0 Å². The van der Waals surface area contributed by atoms with E-state index in [2.05, 4.69) is 25.9 Å². The van der Waals surface area contributed by atoms with Crippen LogP contribution >= 0.6 is 0 Å². The quantitative estimate of drug-likeness (QED) is 0.282. The largest absolute Gasteiger partial charge is 0.337 e. The normalized spacial score (nSPS) is 17.3. The van der Waals surface area contributed by atoms with Crippen LogP contribution in [0, 0.1) is 0 Å². The summed E-state index contributed by atoms with van der Waals surface area (Å²) in [6.07, 6.45) is 19.7. The van der Waals surface area contributed by atoms with Gasteiger partial charge in [-0.3, -0.25) is 4.79 Å². The van der Waals surface area contributed by atoms with Crippen LogP contribution in [-0.2, 0) is 4.79 Å². The maximum absolute atomic E-state index is 12.4. The molecule has 0 radical (unpaired) electrons. The summed E-state index contributed by atoms with van der Waals surface area (Å²) in [6, 6.07) is 0. The highest BCUT2D eigenvalue weighted by Crippen LogP contribution is 2.14. The van der Waals surface area contributed by atoms with Gasteiger partial charge in [0.05, 0.1) is 33.7 Å². The summed E-state index contributed by atoms with van der Waals surface area (Å²) in [6.45, 7) is 6.50. The first kappa shape index (κ1) is 23.5. The second kappa shape index (κ2) is 14.5. The average Bonchev–Trinajstić information content (AvgIpc) is 2.79. The van der Waals surface area contributed by atoms with E-state index < -0.39 is 0 Å². The molecule has 0 aromatic heterocycles. The minimum absolute atomic E-state index is 0.398. The highest BCUT2D eigenvalue weighted by molar-refractivity contribution is 5.76. The Bertz CT molecular complexity index is 354. The van der Waals surface area contributed by atoms with Crippen LogP contribution in [0.2, 0.25) is 0 Å². The molecule has 0 saturated carbocycles. The van der Waals surface area contributed by atoms with E-state index in [0.717, 1.165) is 43.4 Å². The van der Waals surface area contributed by atoms with Crippen LogP contribution in [0.3, 0.4) is 0 Å². The monoisotopic (exact) mass is 367 g/mol. The summed E-state index contributed by atoms with van der Waals surface area (Å²) < 4.78 is 1.06. The number of nitrogens with zero attached hydrogens (tertiary/aromatic N) is 2. The van der Waals surface area contributed by atoms with E-state index in [9.17, 15) is 4.79 Å². The number of carbonyl (C=O) groups is 1. The summed E-state index contributed by atoms with van der Waals surface area (Å²) in [5.74, 6) is 0.398. The van der Waals surface area contributed by atoms with Crippen molar-refractivity contribution in [3.63, 3.8) is 0 Å². The second-order valence-electron chi connectivity index (χ2n) is 9.11. The summed E-state index contributed by atoms with van der Waals surface area (Å²) in [5.41, 5.74) is 0. The molecule has 1 fully saturated rings. The number of likely N-dealkylation sites (N-methyl/N-ethyl adjacent to an activating group) is 1. The fourth-order valence-corrected chi connectivity index (χ4v) is 4.01. The molecule has 0 atom stereocenters. The first-order chi connectivity index (χ1) is 12.5. The van der Waals surface area contributed by atoms with Gasteiger partial charge in [-0.2, -0.15) is 0 Å². The SMILES string of the molecule is CCCCCCCCCCCCCCCC(=O)N1CCC[N+](C)(C)CC1. The van der Waals surface area contributed by atoms with Crippen LogP contribution in [-0.4, -0.2) is 55.6 Å². The third kappa shape index (κ3) is 11.9. The Balaban J connectivity index is 1.89. The van der Waals surface area contributed by atoms with E-state index in [1.807, 2.05) is 0 Å². The first-order valence-electron chi connectivity index (χ1n) is 11.6. The molecule has 1 aliphatic heterocycles. The van der Waals surface area contributed by atoms with E-state index in [1.165, 1.54) is 83.6 Å². The number of hydrogen-bond acceptors (Lipinski definition) is 1. The summed E-state index contributed by atoms with van der Waals surface area (Å²) in [4.78, 5) is 14.5. The molecule has 1 rings (SSSR count). The first-order valence-corrected chi connectivity index (χ1v) is 11.6.